The van der Waals surface area contributed by atoms with Crippen LogP contribution in [0, 0.1) is 10.1 Å². The first-order chi connectivity index (χ1) is 10.0. The monoisotopic (exact) mass is 371 g/mol. The lowest BCUT2D eigenvalue weighted by Crippen LogP contribution is -2.01. The highest BCUT2D eigenvalue weighted by Crippen LogP contribution is 2.30. The molecule has 110 valence electrons. The summed E-state index contributed by atoms with van der Waals surface area (Å²) in [6.07, 6.45) is 0. The summed E-state index contributed by atoms with van der Waals surface area (Å²) in [6, 6.07) is 9.65. The smallest absolute Gasteiger partial charge is 0.283 e. The van der Waals surface area contributed by atoms with E-state index >= 15 is 0 Å². The Bertz CT molecular complexity index is 678. The van der Waals surface area contributed by atoms with Crippen LogP contribution in [-0.2, 0) is 13.2 Å². The van der Waals surface area contributed by atoms with Gasteiger partial charge in [0.15, 0.2) is 0 Å². The Morgan fingerprint density at radius 2 is 2.05 bits per heavy atom. The van der Waals surface area contributed by atoms with Crippen molar-refractivity contribution in [3.63, 3.8) is 0 Å². The molecule has 0 saturated carbocycles. The fourth-order valence-electron chi connectivity index (χ4n) is 1.79. The first kappa shape index (κ1) is 15.8. The summed E-state index contributed by atoms with van der Waals surface area (Å²) < 4.78 is 6.00. The number of nitro benzene ring substituents is 1. The van der Waals surface area contributed by atoms with Gasteiger partial charge in [-0.25, -0.2) is 0 Å². The van der Waals surface area contributed by atoms with Gasteiger partial charge in [0, 0.05) is 22.2 Å². The van der Waals surface area contributed by atoms with Crippen LogP contribution in [0.5, 0.6) is 5.75 Å². The van der Waals surface area contributed by atoms with Gasteiger partial charge in [-0.05, 0) is 34.1 Å². The fraction of sp³-hybridized carbons (Fsp3) is 0.143. The van der Waals surface area contributed by atoms with Gasteiger partial charge in [0.25, 0.3) is 5.69 Å². The molecule has 7 heteroatoms. The SMILES string of the molecule is O=[N+]([O-])c1cccc(COc2ccc(Cl)cc2CO)c1Br. The first-order valence-electron chi connectivity index (χ1n) is 5.96. The van der Waals surface area contributed by atoms with Gasteiger partial charge in [0.1, 0.15) is 16.8 Å². The van der Waals surface area contributed by atoms with Gasteiger partial charge in [-0.15, -0.1) is 0 Å². The number of nitrogens with zero attached hydrogens (tertiary/aromatic N) is 1. The Labute approximate surface area is 134 Å². The number of hydrogen-bond donors (Lipinski definition) is 1. The molecule has 0 radical (unpaired) electrons. The lowest BCUT2D eigenvalue weighted by Gasteiger charge is -2.11. The van der Waals surface area contributed by atoms with Crippen LogP contribution in [0.4, 0.5) is 5.69 Å². The maximum absolute atomic E-state index is 10.9. The molecule has 0 aliphatic rings. The van der Waals surface area contributed by atoms with Gasteiger partial charge >= 0.3 is 0 Å². The largest absolute Gasteiger partial charge is 0.488 e. The molecule has 0 heterocycles. The molecule has 0 spiro atoms. The highest BCUT2D eigenvalue weighted by atomic mass is 79.9. The Kier molecular flexibility index (Phi) is 5.17. The van der Waals surface area contributed by atoms with E-state index in [1.165, 1.54) is 6.07 Å². The molecule has 2 aromatic carbocycles. The number of ether oxygens (including phenoxy) is 1. The second kappa shape index (κ2) is 6.89. The van der Waals surface area contributed by atoms with Crippen molar-refractivity contribution in [1.82, 2.24) is 0 Å². The fourth-order valence-corrected chi connectivity index (χ4v) is 2.50. The zero-order valence-corrected chi connectivity index (χ0v) is 13.1. The number of nitro groups is 1. The molecular formula is C14H11BrClNO4. The molecule has 0 atom stereocenters. The molecule has 2 rings (SSSR count). The molecule has 0 aliphatic carbocycles. The van der Waals surface area contributed by atoms with Crippen LogP contribution in [0.3, 0.4) is 0 Å². The molecule has 21 heavy (non-hydrogen) atoms. The summed E-state index contributed by atoms with van der Waals surface area (Å²) in [4.78, 5) is 10.4. The van der Waals surface area contributed by atoms with Crippen molar-refractivity contribution in [2.75, 3.05) is 0 Å². The Morgan fingerprint density at radius 3 is 2.71 bits per heavy atom. The highest BCUT2D eigenvalue weighted by molar-refractivity contribution is 9.10. The minimum absolute atomic E-state index is 0.0189. The van der Waals surface area contributed by atoms with Gasteiger partial charge < -0.3 is 9.84 Å². The standard InChI is InChI=1S/C14H11BrClNO4/c15-14-9(2-1-3-12(14)17(19)20)8-21-13-5-4-11(16)6-10(13)7-18/h1-6,18H,7-8H2. The van der Waals surface area contributed by atoms with E-state index in [4.69, 9.17) is 16.3 Å². The van der Waals surface area contributed by atoms with Crippen molar-refractivity contribution in [1.29, 1.82) is 0 Å². The van der Waals surface area contributed by atoms with Gasteiger partial charge in [0.05, 0.1) is 11.5 Å². The lowest BCUT2D eigenvalue weighted by atomic mass is 10.2. The summed E-state index contributed by atoms with van der Waals surface area (Å²) in [5.41, 5.74) is 1.18. The maximum Gasteiger partial charge on any atom is 0.283 e. The molecule has 0 aliphatic heterocycles. The average molecular weight is 373 g/mol. The molecule has 1 N–H and O–H groups in total. The normalized spacial score (nSPS) is 10.4. The molecule has 0 bridgehead atoms. The van der Waals surface area contributed by atoms with Crippen molar-refractivity contribution in [2.45, 2.75) is 13.2 Å². The Hall–Kier alpha value is -1.63. The minimum atomic E-state index is -0.463. The van der Waals surface area contributed by atoms with Crippen LogP contribution in [0.2, 0.25) is 5.02 Å². The number of aliphatic hydroxyl groups excluding tert-OH is 1. The third-order valence-electron chi connectivity index (χ3n) is 2.83. The highest BCUT2D eigenvalue weighted by Gasteiger charge is 2.15. The van der Waals surface area contributed by atoms with E-state index < -0.39 is 4.92 Å². The van der Waals surface area contributed by atoms with E-state index in [1.807, 2.05) is 0 Å². The average Bonchev–Trinajstić information content (AvgIpc) is 2.46. The van der Waals surface area contributed by atoms with Crippen LogP contribution < -0.4 is 4.74 Å². The van der Waals surface area contributed by atoms with E-state index in [1.54, 1.807) is 30.3 Å². The Morgan fingerprint density at radius 1 is 1.29 bits per heavy atom. The van der Waals surface area contributed by atoms with Crippen LogP contribution >= 0.6 is 27.5 Å². The molecule has 2 aromatic rings. The van der Waals surface area contributed by atoms with E-state index in [0.717, 1.165) is 0 Å². The van der Waals surface area contributed by atoms with Crippen LogP contribution in [-0.4, -0.2) is 10.0 Å². The van der Waals surface area contributed by atoms with Gasteiger partial charge in [-0.3, -0.25) is 10.1 Å². The number of rotatable bonds is 5. The van der Waals surface area contributed by atoms with E-state index in [0.29, 0.717) is 26.4 Å². The van der Waals surface area contributed by atoms with Gasteiger partial charge in [-0.2, -0.15) is 0 Å². The molecular weight excluding hydrogens is 362 g/mol. The van der Waals surface area contributed by atoms with Gasteiger partial charge in [-0.1, -0.05) is 23.7 Å². The topological polar surface area (TPSA) is 72.6 Å². The number of benzene rings is 2. The zero-order chi connectivity index (χ0) is 15.4. The summed E-state index contributed by atoms with van der Waals surface area (Å²) >= 11 is 9.05. The van der Waals surface area contributed by atoms with Gasteiger partial charge in [0.2, 0.25) is 0 Å². The molecule has 0 fully saturated rings. The molecule has 0 aromatic heterocycles. The summed E-state index contributed by atoms with van der Waals surface area (Å²) in [6.45, 7) is -0.0666. The zero-order valence-electron chi connectivity index (χ0n) is 10.8. The summed E-state index contributed by atoms with van der Waals surface area (Å²) in [7, 11) is 0. The van der Waals surface area contributed by atoms with E-state index in [-0.39, 0.29) is 18.9 Å². The second-order valence-electron chi connectivity index (χ2n) is 4.21. The predicted molar refractivity (Wildman–Crippen MR) is 82.5 cm³/mol. The number of halogens is 2. The summed E-state index contributed by atoms with van der Waals surface area (Å²) in [5, 5.41) is 20.7. The Balaban J connectivity index is 2.21. The quantitative estimate of drug-likeness (QED) is 0.634. The van der Waals surface area contributed by atoms with Crippen molar-refractivity contribution < 1.29 is 14.8 Å². The predicted octanol–water partition coefficient (Wildman–Crippen LogP) is 4.08. The number of aliphatic hydroxyl groups is 1. The van der Waals surface area contributed by atoms with Crippen molar-refractivity contribution in [2.24, 2.45) is 0 Å². The van der Waals surface area contributed by atoms with Crippen molar-refractivity contribution in [3.8, 4) is 5.75 Å². The van der Waals surface area contributed by atoms with Crippen LogP contribution in [0.25, 0.3) is 0 Å². The summed E-state index contributed by atoms with van der Waals surface area (Å²) in [5.74, 6) is 0.486. The maximum atomic E-state index is 10.9. The lowest BCUT2D eigenvalue weighted by molar-refractivity contribution is -0.385. The molecule has 0 unspecified atom stereocenters. The van der Waals surface area contributed by atoms with Crippen LogP contribution in [0.1, 0.15) is 11.1 Å². The second-order valence-corrected chi connectivity index (χ2v) is 5.44. The third-order valence-corrected chi connectivity index (χ3v) is 3.98. The van der Waals surface area contributed by atoms with Crippen LogP contribution in [0.15, 0.2) is 40.9 Å². The molecule has 0 saturated heterocycles. The molecule has 0 amide bonds. The third kappa shape index (κ3) is 3.72. The van der Waals surface area contributed by atoms with Crippen molar-refractivity contribution >= 4 is 33.2 Å². The van der Waals surface area contributed by atoms with E-state index in [2.05, 4.69) is 15.9 Å². The number of hydrogen-bond acceptors (Lipinski definition) is 4. The molecule has 5 nitrogen and oxygen atoms in total. The minimum Gasteiger partial charge on any atom is -0.488 e. The van der Waals surface area contributed by atoms with E-state index in [9.17, 15) is 15.2 Å². The van der Waals surface area contributed by atoms with Crippen molar-refractivity contribution in [3.05, 3.63) is 67.1 Å². The first-order valence-corrected chi connectivity index (χ1v) is 7.14.